The van der Waals surface area contributed by atoms with E-state index in [0.29, 0.717) is 17.9 Å². The molecule has 0 N–H and O–H groups in total. The molecule has 0 saturated carbocycles. The molecule has 0 aliphatic heterocycles. The fourth-order valence-corrected chi connectivity index (χ4v) is 2.70. The molecule has 4 nitrogen and oxygen atoms in total. The van der Waals surface area contributed by atoms with Crippen LogP contribution in [0.4, 0.5) is 0 Å². The van der Waals surface area contributed by atoms with Crippen LogP contribution >= 0.6 is 0 Å². The Labute approximate surface area is 162 Å². The Balaban J connectivity index is 1.73. The van der Waals surface area contributed by atoms with Crippen molar-refractivity contribution < 1.29 is 19.0 Å². The van der Waals surface area contributed by atoms with E-state index in [1.807, 2.05) is 19.1 Å². The molecule has 0 spiro atoms. The number of hydrogen-bond acceptors (Lipinski definition) is 4. The molecule has 0 saturated heterocycles. The molecule has 0 radical (unpaired) electrons. The topological polar surface area (TPSA) is 44.8 Å². The van der Waals surface area contributed by atoms with Gasteiger partial charge >= 0.3 is 5.97 Å². The third-order valence-electron chi connectivity index (χ3n) is 4.20. The van der Waals surface area contributed by atoms with E-state index in [1.165, 1.54) is 32.1 Å². The molecule has 2 aromatic rings. The zero-order chi connectivity index (χ0) is 19.3. The first-order valence-electron chi connectivity index (χ1n) is 9.90. The van der Waals surface area contributed by atoms with Crippen molar-refractivity contribution in [1.29, 1.82) is 0 Å². The van der Waals surface area contributed by atoms with Crippen molar-refractivity contribution in [3.05, 3.63) is 54.1 Å². The van der Waals surface area contributed by atoms with Gasteiger partial charge in [0.1, 0.15) is 17.2 Å². The maximum absolute atomic E-state index is 12.2. The van der Waals surface area contributed by atoms with Gasteiger partial charge < -0.3 is 14.2 Å². The SMILES string of the molecule is CCCCCCCCOc1ccc(OC(=O)c2ccc(OCC)cc2)cc1. The van der Waals surface area contributed by atoms with Crippen LogP contribution in [-0.4, -0.2) is 19.2 Å². The fourth-order valence-electron chi connectivity index (χ4n) is 2.70. The van der Waals surface area contributed by atoms with Crippen molar-refractivity contribution >= 4 is 5.97 Å². The average Bonchev–Trinajstić information content (AvgIpc) is 2.69. The molecule has 0 atom stereocenters. The summed E-state index contributed by atoms with van der Waals surface area (Å²) in [5.74, 6) is 1.64. The molecular weight excluding hydrogens is 340 g/mol. The predicted octanol–water partition coefficient (Wildman–Crippen LogP) is 6.04. The van der Waals surface area contributed by atoms with E-state index >= 15 is 0 Å². The van der Waals surface area contributed by atoms with Gasteiger partial charge in [0.15, 0.2) is 0 Å². The van der Waals surface area contributed by atoms with Gasteiger partial charge in [-0.1, -0.05) is 39.0 Å². The van der Waals surface area contributed by atoms with Crippen LogP contribution in [0.1, 0.15) is 62.7 Å². The van der Waals surface area contributed by atoms with Crippen molar-refractivity contribution in [1.82, 2.24) is 0 Å². The zero-order valence-corrected chi connectivity index (χ0v) is 16.4. The molecule has 27 heavy (non-hydrogen) atoms. The highest BCUT2D eigenvalue weighted by molar-refractivity contribution is 5.91. The molecule has 0 heterocycles. The van der Waals surface area contributed by atoms with Gasteiger partial charge in [-0.25, -0.2) is 4.79 Å². The normalized spacial score (nSPS) is 10.4. The van der Waals surface area contributed by atoms with Crippen LogP contribution in [0.25, 0.3) is 0 Å². The van der Waals surface area contributed by atoms with Crippen molar-refractivity contribution in [2.75, 3.05) is 13.2 Å². The number of esters is 1. The van der Waals surface area contributed by atoms with Crippen LogP contribution in [0.5, 0.6) is 17.2 Å². The minimum atomic E-state index is -0.390. The largest absolute Gasteiger partial charge is 0.494 e. The van der Waals surface area contributed by atoms with Crippen LogP contribution in [0.2, 0.25) is 0 Å². The van der Waals surface area contributed by atoms with E-state index in [1.54, 1.807) is 36.4 Å². The highest BCUT2D eigenvalue weighted by Gasteiger charge is 2.09. The first kappa shape index (κ1) is 20.8. The summed E-state index contributed by atoms with van der Waals surface area (Å²) in [7, 11) is 0. The Bertz CT molecular complexity index is 662. The van der Waals surface area contributed by atoms with Gasteiger partial charge in [-0.3, -0.25) is 0 Å². The van der Waals surface area contributed by atoms with E-state index < -0.39 is 5.97 Å². The molecule has 0 unspecified atom stereocenters. The van der Waals surface area contributed by atoms with Crippen molar-refractivity contribution in [3.63, 3.8) is 0 Å². The number of carbonyl (C=O) groups is 1. The Morgan fingerprint density at radius 3 is 1.93 bits per heavy atom. The highest BCUT2D eigenvalue weighted by atomic mass is 16.5. The molecule has 0 amide bonds. The second-order valence-electron chi connectivity index (χ2n) is 6.43. The van der Waals surface area contributed by atoms with Gasteiger partial charge in [0.25, 0.3) is 0 Å². The van der Waals surface area contributed by atoms with Crippen molar-refractivity contribution in [2.24, 2.45) is 0 Å². The Kier molecular flexibility index (Phi) is 9.25. The Morgan fingerprint density at radius 2 is 1.26 bits per heavy atom. The molecule has 0 fully saturated rings. The third kappa shape index (κ3) is 7.73. The van der Waals surface area contributed by atoms with Crippen LogP contribution in [0.15, 0.2) is 48.5 Å². The number of rotatable bonds is 12. The van der Waals surface area contributed by atoms with Gasteiger partial charge in [-0.2, -0.15) is 0 Å². The molecule has 0 aliphatic rings. The lowest BCUT2D eigenvalue weighted by atomic mass is 10.1. The Morgan fingerprint density at radius 1 is 0.704 bits per heavy atom. The minimum Gasteiger partial charge on any atom is -0.494 e. The van der Waals surface area contributed by atoms with Gasteiger partial charge in [0.05, 0.1) is 18.8 Å². The van der Waals surface area contributed by atoms with Gasteiger partial charge in [-0.05, 0) is 61.9 Å². The van der Waals surface area contributed by atoms with Crippen LogP contribution in [-0.2, 0) is 0 Å². The summed E-state index contributed by atoms with van der Waals surface area (Å²) in [5, 5.41) is 0. The second-order valence-corrected chi connectivity index (χ2v) is 6.43. The summed E-state index contributed by atoms with van der Waals surface area (Å²) in [6, 6.07) is 14.1. The summed E-state index contributed by atoms with van der Waals surface area (Å²) in [5.41, 5.74) is 0.488. The van der Waals surface area contributed by atoms with E-state index in [4.69, 9.17) is 14.2 Å². The summed E-state index contributed by atoms with van der Waals surface area (Å²) >= 11 is 0. The lowest BCUT2D eigenvalue weighted by Gasteiger charge is -2.08. The quantitative estimate of drug-likeness (QED) is 0.259. The zero-order valence-electron chi connectivity index (χ0n) is 16.4. The molecule has 0 aromatic heterocycles. The van der Waals surface area contributed by atoms with Gasteiger partial charge in [-0.15, -0.1) is 0 Å². The predicted molar refractivity (Wildman–Crippen MR) is 108 cm³/mol. The summed E-state index contributed by atoms with van der Waals surface area (Å²) in [6.45, 7) is 5.46. The number of benzene rings is 2. The highest BCUT2D eigenvalue weighted by Crippen LogP contribution is 2.20. The maximum atomic E-state index is 12.2. The number of unbranched alkanes of at least 4 members (excludes halogenated alkanes) is 5. The molecule has 2 rings (SSSR count). The minimum absolute atomic E-state index is 0.390. The smallest absolute Gasteiger partial charge is 0.343 e. The fraction of sp³-hybridized carbons (Fsp3) is 0.435. The van der Waals surface area contributed by atoms with Crippen molar-refractivity contribution in [3.8, 4) is 17.2 Å². The first-order valence-corrected chi connectivity index (χ1v) is 9.90. The van der Waals surface area contributed by atoms with Gasteiger partial charge in [0, 0.05) is 0 Å². The molecular formula is C23H30O4. The van der Waals surface area contributed by atoms with E-state index in [0.717, 1.165) is 24.5 Å². The second kappa shape index (κ2) is 12.0. The number of hydrogen-bond donors (Lipinski definition) is 0. The van der Waals surface area contributed by atoms with Crippen molar-refractivity contribution in [2.45, 2.75) is 52.4 Å². The molecule has 2 aromatic carbocycles. The lowest BCUT2D eigenvalue weighted by molar-refractivity contribution is 0.0734. The van der Waals surface area contributed by atoms with E-state index in [9.17, 15) is 4.79 Å². The molecule has 0 bridgehead atoms. The van der Waals surface area contributed by atoms with Crippen LogP contribution in [0.3, 0.4) is 0 Å². The maximum Gasteiger partial charge on any atom is 0.343 e. The van der Waals surface area contributed by atoms with Crippen LogP contribution in [0, 0.1) is 0 Å². The van der Waals surface area contributed by atoms with Gasteiger partial charge in [0.2, 0.25) is 0 Å². The van der Waals surface area contributed by atoms with Crippen LogP contribution < -0.4 is 14.2 Å². The average molecular weight is 370 g/mol. The number of ether oxygens (including phenoxy) is 3. The van der Waals surface area contributed by atoms with E-state index in [2.05, 4.69) is 6.92 Å². The Hall–Kier alpha value is -2.49. The number of carbonyl (C=O) groups excluding carboxylic acids is 1. The standard InChI is InChI=1S/C23H30O4/c1-3-5-6-7-8-9-18-26-21-14-16-22(17-15-21)27-23(24)19-10-12-20(13-11-19)25-4-2/h10-17H,3-9,18H2,1-2H3. The first-order chi connectivity index (χ1) is 13.2. The lowest BCUT2D eigenvalue weighted by Crippen LogP contribution is -2.08. The molecule has 146 valence electrons. The monoisotopic (exact) mass is 370 g/mol. The van der Waals surface area contributed by atoms with E-state index in [-0.39, 0.29) is 0 Å². The molecule has 4 heteroatoms. The summed E-state index contributed by atoms with van der Waals surface area (Å²) < 4.78 is 16.5. The summed E-state index contributed by atoms with van der Waals surface area (Å²) in [4.78, 5) is 12.2. The third-order valence-corrected chi connectivity index (χ3v) is 4.20. The molecule has 0 aliphatic carbocycles. The summed E-state index contributed by atoms with van der Waals surface area (Å²) in [6.07, 6.45) is 7.45.